The van der Waals surface area contributed by atoms with Gasteiger partial charge in [0.25, 0.3) is 6.47 Å². The van der Waals surface area contributed by atoms with Gasteiger partial charge in [0.15, 0.2) is 0 Å². The third-order valence-corrected chi connectivity index (χ3v) is 2.36. The maximum absolute atomic E-state index is 8.36. The highest BCUT2D eigenvalue weighted by atomic mass is 16.5. The highest BCUT2D eigenvalue weighted by Crippen LogP contribution is 2.05. The third-order valence-electron chi connectivity index (χ3n) is 2.36. The fraction of sp³-hybridized carbons (Fsp3) is 0.909. The molecule has 0 aromatic heterocycles. The molecule has 0 bridgehead atoms. The summed E-state index contributed by atoms with van der Waals surface area (Å²) in [4.78, 5) is 10.9. The monoisotopic (exact) mass is 217 g/mol. The van der Waals surface area contributed by atoms with Crippen molar-refractivity contribution in [3.05, 3.63) is 0 Å². The number of morpholine rings is 1. The van der Waals surface area contributed by atoms with Gasteiger partial charge in [0, 0.05) is 13.1 Å². The van der Waals surface area contributed by atoms with Gasteiger partial charge in [-0.2, -0.15) is 0 Å². The summed E-state index contributed by atoms with van der Waals surface area (Å²) in [5, 5.41) is 6.89. The maximum atomic E-state index is 8.36. The van der Waals surface area contributed by atoms with E-state index < -0.39 is 0 Å². The van der Waals surface area contributed by atoms with Crippen LogP contribution in [0.5, 0.6) is 0 Å². The molecule has 1 rings (SSSR count). The van der Waals surface area contributed by atoms with Gasteiger partial charge < -0.3 is 9.84 Å². The smallest absolute Gasteiger partial charge is 0.290 e. The Morgan fingerprint density at radius 2 is 1.93 bits per heavy atom. The first-order valence-electron chi connectivity index (χ1n) is 5.58. The Bertz CT molecular complexity index is 145. The van der Waals surface area contributed by atoms with Gasteiger partial charge in [0.05, 0.1) is 13.2 Å². The number of hydrogen-bond acceptors (Lipinski definition) is 3. The van der Waals surface area contributed by atoms with Crippen molar-refractivity contribution in [3.63, 3.8) is 0 Å². The lowest BCUT2D eigenvalue weighted by Crippen LogP contribution is -2.36. The van der Waals surface area contributed by atoms with Gasteiger partial charge in [-0.15, -0.1) is 0 Å². The van der Waals surface area contributed by atoms with E-state index in [1.165, 1.54) is 19.4 Å². The summed E-state index contributed by atoms with van der Waals surface area (Å²) in [5.41, 5.74) is 0. The second-order valence-corrected chi connectivity index (χ2v) is 4.10. The van der Waals surface area contributed by atoms with Crippen molar-refractivity contribution in [1.29, 1.82) is 0 Å². The Labute approximate surface area is 92.2 Å². The lowest BCUT2D eigenvalue weighted by molar-refractivity contribution is -0.122. The molecule has 1 heterocycles. The van der Waals surface area contributed by atoms with E-state index in [0.29, 0.717) is 0 Å². The second kappa shape index (κ2) is 9.93. The van der Waals surface area contributed by atoms with E-state index in [4.69, 9.17) is 14.6 Å². The van der Waals surface area contributed by atoms with E-state index in [2.05, 4.69) is 18.7 Å². The predicted molar refractivity (Wildman–Crippen MR) is 60.0 cm³/mol. The summed E-state index contributed by atoms with van der Waals surface area (Å²) in [6.45, 7) is 9.74. The molecule has 0 aliphatic carbocycles. The Hall–Kier alpha value is -0.610. The van der Waals surface area contributed by atoms with Crippen LogP contribution in [0.25, 0.3) is 0 Å². The van der Waals surface area contributed by atoms with Crippen molar-refractivity contribution in [1.82, 2.24) is 4.90 Å². The van der Waals surface area contributed by atoms with Gasteiger partial charge in [0.2, 0.25) is 0 Å². The van der Waals surface area contributed by atoms with E-state index in [-0.39, 0.29) is 6.47 Å². The van der Waals surface area contributed by atoms with E-state index in [0.717, 1.165) is 32.2 Å². The Morgan fingerprint density at radius 1 is 1.40 bits per heavy atom. The Balaban J connectivity index is 0.000000583. The average Bonchev–Trinajstić information content (AvgIpc) is 2.20. The van der Waals surface area contributed by atoms with Crippen LogP contribution >= 0.6 is 0 Å². The van der Waals surface area contributed by atoms with E-state index in [1.807, 2.05) is 0 Å². The highest BCUT2D eigenvalue weighted by molar-refractivity contribution is 5.32. The van der Waals surface area contributed by atoms with Crippen LogP contribution in [0, 0.1) is 5.92 Å². The van der Waals surface area contributed by atoms with Crippen LogP contribution < -0.4 is 0 Å². The first-order valence-corrected chi connectivity index (χ1v) is 5.58. The SMILES string of the molecule is CC(C)CCCN1CCOCC1.O=CO. The van der Waals surface area contributed by atoms with Crippen molar-refractivity contribution in [2.45, 2.75) is 26.7 Å². The zero-order chi connectivity index (χ0) is 11.5. The summed E-state index contributed by atoms with van der Waals surface area (Å²) in [7, 11) is 0. The first-order chi connectivity index (χ1) is 7.20. The molecule has 4 nitrogen and oxygen atoms in total. The van der Waals surface area contributed by atoms with Crippen LogP contribution in [0.2, 0.25) is 0 Å². The second-order valence-electron chi connectivity index (χ2n) is 4.10. The lowest BCUT2D eigenvalue weighted by atomic mass is 10.1. The third kappa shape index (κ3) is 9.69. The molecule has 1 saturated heterocycles. The largest absolute Gasteiger partial charge is 0.483 e. The van der Waals surface area contributed by atoms with Crippen LogP contribution in [0.1, 0.15) is 26.7 Å². The summed E-state index contributed by atoms with van der Waals surface area (Å²) < 4.78 is 5.29. The zero-order valence-corrected chi connectivity index (χ0v) is 9.82. The molecular formula is C11H23NO3. The lowest BCUT2D eigenvalue weighted by Gasteiger charge is -2.26. The zero-order valence-electron chi connectivity index (χ0n) is 9.82. The number of rotatable bonds is 4. The number of hydrogen-bond donors (Lipinski definition) is 1. The molecule has 90 valence electrons. The van der Waals surface area contributed by atoms with Gasteiger partial charge in [0.1, 0.15) is 0 Å². The van der Waals surface area contributed by atoms with Crippen LogP contribution in [-0.4, -0.2) is 49.3 Å². The molecule has 0 amide bonds. The number of ether oxygens (including phenoxy) is 1. The molecule has 1 aliphatic rings. The molecule has 0 unspecified atom stereocenters. The van der Waals surface area contributed by atoms with Gasteiger partial charge >= 0.3 is 0 Å². The van der Waals surface area contributed by atoms with Gasteiger partial charge in [-0.1, -0.05) is 13.8 Å². The van der Waals surface area contributed by atoms with Crippen molar-refractivity contribution in [2.75, 3.05) is 32.8 Å². The van der Waals surface area contributed by atoms with Crippen LogP contribution in [-0.2, 0) is 9.53 Å². The topological polar surface area (TPSA) is 49.8 Å². The fourth-order valence-corrected chi connectivity index (χ4v) is 1.55. The standard InChI is InChI=1S/C10H21NO.CH2O2/c1-10(2)4-3-5-11-6-8-12-9-7-11;2-1-3/h10H,3-9H2,1-2H3;1H,(H,2,3). The average molecular weight is 217 g/mol. The van der Waals surface area contributed by atoms with Crippen molar-refractivity contribution < 1.29 is 14.6 Å². The summed E-state index contributed by atoms with van der Waals surface area (Å²) in [6, 6.07) is 0. The molecule has 1 N–H and O–H groups in total. The maximum Gasteiger partial charge on any atom is 0.290 e. The van der Waals surface area contributed by atoms with Crippen molar-refractivity contribution >= 4 is 6.47 Å². The normalized spacial score (nSPS) is 17.0. The van der Waals surface area contributed by atoms with E-state index in [9.17, 15) is 0 Å². The number of carboxylic acid groups (broad SMARTS) is 1. The first kappa shape index (κ1) is 14.4. The number of carbonyl (C=O) groups is 1. The number of nitrogens with zero attached hydrogens (tertiary/aromatic N) is 1. The Morgan fingerprint density at radius 3 is 2.40 bits per heavy atom. The van der Waals surface area contributed by atoms with Gasteiger partial charge in [-0.05, 0) is 25.3 Å². The minimum atomic E-state index is -0.250. The molecule has 1 fully saturated rings. The summed E-state index contributed by atoms with van der Waals surface area (Å²) in [6.07, 6.45) is 2.70. The molecule has 15 heavy (non-hydrogen) atoms. The molecule has 4 heteroatoms. The molecule has 0 spiro atoms. The van der Waals surface area contributed by atoms with Crippen LogP contribution in [0.3, 0.4) is 0 Å². The molecule has 0 atom stereocenters. The fourth-order valence-electron chi connectivity index (χ4n) is 1.55. The minimum absolute atomic E-state index is 0.250. The minimum Gasteiger partial charge on any atom is -0.483 e. The highest BCUT2D eigenvalue weighted by Gasteiger charge is 2.09. The quantitative estimate of drug-likeness (QED) is 0.724. The molecule has 0 aromatic rings. The summed E-state index contributed by atoms with van der Waals surface area (Å²) >= 11 is 0. The molecule has 0 radical (unpaired) electrons. The molecule has 0 aromatic carbocycles. The summed E-state index contributed by atoms with van der Waals surface area (Å²) in [5.74, 6) is 0.853. The molecule has 0 saturated carbocycles. The van der Waals surface area contributed by atoms with Gasteiger partial charge in [-0.25, -0.2) is 0 Å². The van der Waals surface area contributed by atoms with Gasteiger partial charge in [-0.3, -0.25) is 9.69 Å². The predicted octanol–water partition coefficient (Wildman–Crippen LogP) is 1.46. The van der Waals surface area contributed by atoms with Crippen molar-refractivity contribution in [3.8, 4) is 0 Å². The van der Waals surface area contributed by atoms with E-state index in [1.54, 1.807) is 0 Å². The Kier molecular flexibility index (Phi) is 9.52. The van der Waals surface area contributed by atoms with Crippen LogP contribution in [0.15, 0.2) is 0 Å². The molecular weight excluding hydrogens is 194 g/mol. The molecule has 1 aliphatic heterocycles. The van der Waals surface area contributed by atoms with E-state index >= 15 is 0 Å². The van der Waals surface area contributed by atoms with Crippen molar-refractivity contribution in [2.24, 2.45) is 5.92 Å². The van der Waals surface area contributed by atoms with Crippen LogP contribution in [0.4, 0.5) is 0 Å².